The normalized spacial score (nSPS) is 47.2. The monoisotopic (exact) mass is 248 g/mol. The number of aliphatic hydroxyl groups excluding tert-OH is 1. The second-order valence-corrected chi connectivity index (χ2v) is 6.22. The predicted molar refractivity (Wildman–Crippen MR) is 67.7 cm³/mol. The number of hydrogen-bond acceptors (Lipinski definition) is 3. The van der Waals surface area contributed by atoms with Gasteiger partial charge >= 0.3 is 5.97 Å². The van der Waals surface area contributed by atoms with Gasteiger partial charge in [0.1, 0.15) is 6.10 Å². The summed E-state index contributed by atoms with van der Waals surface area (Å²) in [6.45, 7) is 8.09. The first kappa shape index (κ1) is 12.0. The minimum atomic E-state index is -0.334. The molecule has 1 heterocycles. The maximum Gasteiger partial charge on any atom is 0.334 e. The zero-order valence-corrected chi connectivity index (χ0v) is 11.0. The van der Waals surface area contributed by atoms with Crippen molar-refractivity contribution >= 4 is 5.97 Å². The Morgan fingerprint density at radius 1 is 1.56 bits per heavy atom. The van der Waals surface area contributed by atoms with Crippen LogP contribution in [0.2, 0.25) is 0 Å². The maximum absolute atomic E-state index is 11.7. The highest BCUT2D eigenvalue weighted by molar-refractivity contribution is 5.91. The van der Waals surface area contributed by atoms with E-state index in [0.29, 0.717) is 12.0 Å². The lowest BCUT2D eigenvalue weighted by Crippen LogP contribution is -2.52. The van der Waals surface area contributed by atoms with Gasteiger partial charge in [-0.2, -0.15) is 0 Å². The zero-order chi connectivity index (χ0) is 13.1. The maximum atomic E-state index is 11.7. The molecule has 0 radical (unpaired) electrons. The quantitative estimate of drug-likeness (QED) is 0.406. The standard InChI is InChI=1S/C15H20O3/c1-8-4-5-11(16)15(3)7-6-10-9(2)14(17)18-13(10)12(8)15/h4,10-13,16H,2,5-7H2,1,3H3/t10-,11-,12-,13+,15+/m0/s1. The lowest BCUT2D eigenvalue weighted by molar-refractivity contribution is -0.149. The van der Waals surface area contributed by atoms with Crippen LogP contribution < -0.4 is 0 Å². The smallest absolute Gasteiger partial charge is 0.334 e. The van der Waals surface area contributed by atoms with E-state index < -0.39 is 0 Å². The van der Waals surface area contributed by atoms with Crippen LogP contribution in [0.1, 0.15) is 33.1 Å². The van der Waals surface area contributed by atoms with Gasteiger partial charge in [0.25, 0.3) is 0 Å². The van der Waals surface area contributed by atoms with Crippen molar-refractivity contribution in [1.29, 1.82) is 0 Å². The number of carbonyl (C=O) groups excluding carboxylic acids is 1. The molecule has 0 amide bonds. The molecule has 3 nitrogen and oxygen atoms in total. The van der Waals surface area contributed by atoms with Gasteiger partial charge in [-0.05, 0) is 26.2 Å². The summed E-state index contributed by atoms with van der Waals surface area (Å²) in [5.41, 5.74) is 1.71. The largest absolute Gasteiger partial charge is 0.458 e. The Kier molecular flexibility index (Phi) is 2.46. The Balaban J connectivity index is 2.03. The second-order valence-electron chi connectivity index (χ2n) is 6.22. The molecule has 1 aliphatic heterocycles. The highest BCUT2D eigenvalue weighted by Gasteiger charge is 2.57. The summed E-state index contributed by atoms with van der Waals surface area (Å²) >= 11 is 0. The summed E-state index contributed by atoms with van der Waals surface area (Å²) < 4.78 is 5.54. The highest BCUT2D eigenvalue weighted by atomic mass is 16.6. The second kappa shape index (κ2) is 3.70. The van der Waals surface area contributed by atoms with Gasteiger partial charge < -0.3 is 9.84 Å². The molecule has 0 aromatic carbocycles. The van der Waals surface area contributed by atoms with Gasteiger partial charge in [-0.1, -0.05) is 25.2 Å². The van der Waals surface area contributed by atoms with Crippen LogP contribution in [0, 0.1) is 17.3 Å². The first-order chi connectivity index (χ1) is 8.45. The van der Waals surface area contributed by atoms with Crippen molar-refractivity contribution in [3.8, 4) is 0 Å². The van der Waals surface area contributed by atoms with E-state index in [-0.39, 0.29) is 35.4 Å². The Morgan fingerprint density at radius 3 is 3.00 bits per heavy atom. The fourth-order valence-corrected chi connectivity index (χ4v) is 4.11. The van der Waals surface area contributed by atoms with Crippen molar-refractivity contribution < 1.29 is 14.6 Å². The third kappa shape index (κ3) is 1.37. The molecule has 3 heteroatoms. The van der Waals surface area contributed by atoms with Gasteiger partial charge in [0.05, 0.1) is 6.10 Å². The van der Waals surface area contributed by atoms with Gasteiger partial charge in [-0.15, -0.1) is 0 Å². The molecule has 3 rings (SSSR count). The number of hydrogen-bond donors (Lipinski definition) is 1. The van der Waals surface area contributed by atoms with Crippen molar-refractivity contribution in [2.24, 2.45) is 17.3 Å². The third-order valence-corrected chi connectivity index (χ3v) is 5.30. The summed E-state index contributed by atoms with van der Waals surface area (Å²) in [5, 5.41) is 10.3. The van der Waals surface area contributed by atoms with Gasteiger partial charge in [0.2, 0.25) is 0 Å². The highest BCUT2D eigenvalue weighted by Crippen LogP contribution is 2.56. The Morgan fingerprint density at radius 2 is 2.28 bits per heavy atom. The number of ether oxygens (including phenoxy) is 1. The summed E-state index contributed by atoms with van der Waals surface area (Å²) in [4.78, 5) is 11.7. The molecule has 2 fully saturated rings. The fraction of sp³-hybridized carbons (Fsp3) is 0.667. The van der Waals surface area contributed by atoms with Crippen LogP contribution in [0.15, 0.2) is 23.8 Å². The van der Waals surface area contributed by atoms with Crippen molar-refractivity contribution in [3.05, 3.63) is 23.8 Å². The molecule has 98 valence electrons. The summed E-state index contributed by atoms with van der Waals surface area (Å²) in [6, 6.07) is 0. The summed E-state index contributed by atoms with van der Waals surface area (Å²) in [7, 11) is 0. The minimum Gasteiger partial charge on any atom is -0.458 e. The molecule has 1 saturated heterocycles. The molecule has 0 bridgehead atoms. The van der Waals surface area contributed by atoms with Crippen LogP contribution in [-0.4, -0.2) is 23.3 Å². The topological polar surface area (TPSA) is 46.5 Å². The summed E-state index contributed by atoms with van der Waals surface area (Å²) in [5.74, 6) is 0.0366. The molecular weight excluding hydrogens is 228 g/mol. The van der Waals surface area contributed by atoms with E-state index in [4.69, 9.17) is 4.74 Å². The Labute approximate surface area is 108 Å². The van der Waals surface area contributed by atoms with E-state index in [2.05, 4.69) is 26.5 Å². The van der Waals surface area contributed by atoms with E-state index in [1.807, 2.05) is 0 Å². The van der Waals surface area contributed by atoms with Gasteiger partial charge in [0.15, 0.2) is 0 Å². The number of carbonyl (C=O) groups is 1. The first-order valence-corrected chi connectivity index (χ1v) is 6.69. The lowest BCUT2D eigenvalue weighted by atomic mass is 9.55. The van der Waals surface area contributed by atoms with Gasteiger partial charge in [-0.3, -0.25) is 0 Å². The minimum absolute atomic E-state index is 0.116. The van der Waals surface area contributed by atoms with E-state index >= 15 is 0 Å². The van der Waals surface area contributed by atoms with Crippen LogP contribution in [0.4, 0.5) is 0 Å². The average molecular weight is 248 g/mol. The average Bonchev–Trinajstić information content (AvgIpc) is 2.60. The van der Waals surface area contributed by atoms with Crippen molar-refractivity contribution in [2.75, 3.05) is 0 Å². The van der Waals surface area contributed by atoms with Crippen molar-refractivity contribution in [2.45, 2.75) is 45.3 Å². The van der Waals surface area contributed by atoms with Crippen LogP contribution in [-0.2, 0) is 9.53 Å². The van der Waals surface area contributed by atoms with E-state index in [9.17, 15) is 9.90 Å². The molecule has 5 atom stereocenters. The number of esters is 1. The number of aliphatic hydroxyl groups is 1. The Hall–Kier alpha value is -1.09. The fourth-order valence-electron chi connectivity index (χ4n) is 4.11. The molecule has 3 aliphatic rings. The molecule has 18 heavy (non-hydrogen) atoms. The van der Waals surface area contributed by atoms with E-state index in [1.54, 1.807) is 0 Å². The van der Waals surface area contributed by atoms with Crippen LogP contribution >= 0.6 is 0 Å². The summed E-state index contributed by atoms with van der Waals surface area (Å²) in [6.07, 6.45) is 4.18. The molecule has 0 aromatic rings. The van der Waals surface area contributed by atoms with E-state index in [0.717, 1.165) is 12.8 Å². The van der Waals surface area contributed by atoms with Crippen molar-refractivity contribution in [1.82, 2.24) is 0 Å². The molecule has 0 aromatic heterocycles. The van der Waals surface area contributed by atoms with Crippen LogP contribution in [0.5, 0.6) is 0 Å². The molecule has 0 spiro atoms. The van der Waals surface area contributed by atoms with Crippen LogP contribution in [0.25, 0.3) is 0 Å². The third-order valence-electron chi connectivity index (χ3n) is 5.30. The molecule has 1 N–H and O–H groups in total. The van der Waals surface area contributed by atoms with E-state index in [1.165, 1.54) is 5.57 Å². The zero-order valence-electron chi connectivity index (χ0n) is 11.0. The molecule has 2 aliphatic carbocycles. The number of fused-ring (bicyclic) bond motifs is 3. The Bertz CT molecular complexity index is 451. The molecular formula is C15H20O3. The SMILES string of the molecule is C=C1C(=O)O[C@@H]2[C@H]1CC[C@]1(C)[C@@H](O)CC=C(C)[C@@H]21. The van der Waals surface area contributed by atoms with Crippen molar-refractivity contribution in [3.63, 3.8) is 0 Å². The first-order valence-electron chi connectivity index (χ1n) is 6.69. The molecule has 0 unspecified atom stereocenters. The van der Waals surface area contributed by atoms with Crippen LogP contribution in [0.3, 0.4) is 0 Å². The van der Waals surface area contributed by atoms with Gasteiger partial charge in [-0.25, -0.2) is 4.79 Å². The lowest BCUT2D eigenvalue weighted by Gasteiger charge is -2.51. The predicted octanol–water partition coefficient (Wildman–Crippen LogP) is 2.21. The van der Waals surface area contributed by atoms with Gasteiger partial charge in [0, 0.05) is 22.8 Å². The number of rotatable bonds is 0. The molecule has 1 saturated carbocycles.